The van der Waals surface area contributed by atoms with Crippen molar-refractivity contribution < 1.29 is 4.79 Å². The van der Waals surface area contributed by atoms with E-state index in [9.17, 15) is 4.79 Å². The Bertz CT molecular complexity index is 520. The first-order valence-corrected chi connectivity index (χ1v) is 9.52. The first-order chi connectivity index (χ1) is 10.6. The number of amides is 1. The molecule has 4 unspecified atom stereocenters. The molecule has 0 aromatic heterocycles. The molecular formula is C17H24Cl2N2OS. The minimum Gasteiger partial charge on any atom is -0.349 e. The summed E-state index contributed by atoms with van der Waals surface area (Å²) in [6.45, 7) is 3.25. The van der Waals surface area contributed by atoms with Crippen molar-refractivity contribution in [1.29, 1.82) is 0 Å². The van der Waals surface area contributed by atoms with Crippen molar-refractivity contribution in [2.24, 2.45) is 11.8 Å². The van der Waals surface area contributed by atoms with Crippen LogP contribution in [0, 0.1) is 11.8 Å². The lowest BCUT2D eigenvalue weighted by Crippen LogP contribution is -2.42. The maximum absolute atomic E-state index is 12.4. The van der Waals surface area contributed by atoms with Crippen LogP contribution in [0.1, 0.15) is 31.4 Å². The second kappa shape index (κ2) is 8.61. The molecule has 4 atom stereocenters. The van der Waals surface area contributed by atoms with Crippen LogP contribution in [0.4, 0.5) is 0 Å². The fourth-order valence-corrected chi connectivity index (χ4v) is 4.21. The third-order valence-electron chi connectivity index (χ3n) is 4.58. The van der Waals surface area contributed by atoms with E-state index < -0.39 is 0 Å². The summed E-state index contributed by atoms with van der Waals surface area (Å²) >= 11 is 7.90. The number of rotatable bonds is 5. The third-order valence-corrected chi connectivity index (χ3v) is 5.96. The van der Waals surface area contributed by atoms with Gasteiger partial charge in [0.05, 0.1) is 6.04 Å². The minimum atomic E-state index is 0. The number of halogens is 2. The normalized spacial score (nSPS) is 27.7. The lowest BCUT2D eigenvalue weighted by atomic mass is 10.0. The molecule has 3 nitrogen and oxygen atoms in total. The minimum absolute atomic E-state index is 0. The molecule has 1 aliphatic heterocycles. The number of thioether (sulfide) groups is 1. The van der Waals surface area contributed by atoms with E-state index in [1.54, 1.807) is 0 Å². The summed E-state index contributed by atoms with van der Waals surface area (Å²) < 4.78 is 0. The summed E-state index contributed by atoms with van der Waals surface area (Å²) in [5.41, 5.74) is 1.16. The maximum Gasteiger partial charge on any atom is 0.222 e. The SMILES string of the molecule is CC1CC1C(NC(=O)CC1CSCCN1)c1ccc(Cl)cc1.Cl. The van der Waals surface area contributed by atoms with Crippen LogP contribution in [0.3, 0.4) is 0 Å². The summed E-state index contributed by atoms with van der Waals surface area (Å²) in [4.78, 5) is 12.4. The number of nitrogens with one attached hydrogen (secondary N) is 2. The van der Waals surface area contributed by atoms with Gasteiger partial charge in [0.25, 0.3) is 0 Å². The molecule has 1 saturated heterocycles. The van der Waals surface area contributed by atoms with Gasteiger partial charge in [-0.15, -0.1) is 12.4 Å². The van der Waals surface area contributed by atoms with Gasteiger partial charge in [0.2, 0.25) is 5.91 Å². The Morgan fingerprint density at radius 1 is 1.43 bits per heavy atom. The molecule has 2 fully saturated rings. The van der Waals surface area contributed by atoms with Gasteiger partial charge in [-0.05, 0) is 36.0 Å². The Morgan fingerprint density at radius 2 is 2.13 bits per heavy atom. The molecule has 1 aliphatic carbocycles. The largest absolute Gasteiger partial charge is 0.349 e. The highest BCUT2D eigenvalue weighted by atomic mass is 35.5. The van der Waals surface area contributed by atoms with Gasteiger partial charge in [-0.1, -0.05) is 30.7 Å². The Hall–Kier alpha value is -0.420. The van der Waals surface area contributed by atoms with Gasteiger partial charge in [0.1, 0.15) is 0 Å². The van der Waals surface area contributed by atoms with Crippen LogP contribution in [-0.4, -0.2) is 30.0 Å². The van der Waals surface area contributed by atoms with E-state index in [1.807, 2.05) is 36.0 Å². The molecule has 6 heteroatoms. The first-order valence-electron chi connectivity index (χ1n) is 7.99. The first kappa shape index (κ1) is 18.9. The average Bonchev–Trinajstić information content (AvgIpc) is 3.23. The molecule has 0 bridgehead atoms. The Kier molecular flexibility index (Phi) is 7.08. The standard InChI is InChI=1S/C17H23ClN2OS.ClH/c1-11-8-15(11)17(12-2-4-13(18)5-3-12)20-16(21)9-14-10-22-7-6-19-14;/h2-5,11,14-15,17,19H,6-10H2,1H3,(H,20,21);1H. The monoisotopic (exact) mass is 374 g/mol. The van der Waals surface area contributed by atoms with Gasteiger partial charge in [0, 0.05) is 35.5 Å². The molecule has 0 radical (unpaired) electrons. The van der Waals surface area contributed by atoms with Gasteiger partial charge in [0.15, 0.2) is 0 Å². The molecule has 128 valence electrons. The molecular weight excluding hydrogens is 351 g/mol. The Labute approximate surface area is 153 Å². The van der Waals surface area contributed by atoms with E-state index in [2.05, 4.69) is 17.6 Å². The predicted octanol–water partition coefficient (Wildman–Crippen LogP) is 3.67. The second-order valence-electron chi connectivity index (χ2n) is 6.40. The van der Waals surface area contributed by atoms with Crippen molar-refractivity contribution in [3.05, 3.63) is 34.9 Å². The quantitative estimate of drug-likeness (QED) is 0.825. The molecule has 2 N–H and O–H groups in total. The molecule has 1 aromatic rings. The summed E-state index contributed by atoms with van der Waals surface area (Å²) in [6, 6.07) is 8.31. The lowest BCUT2D eigenvalue weighted by Gasteiger charge is -2.25. The van der Waals surface area contributed by atoms with Crippen molar-refractivity contribution in [2.75, 3.05) is 18.1 Å². The van der Waals surface area contributed by atoms with Gasteiger partial charge in [-0.3, -0.25) is 4.79 Å². The highest BCUT2D eigenvalue weighted by molar-refractivity contribution is 7.99. The van der Waals surface area contributed by atoms with Crippen molar-refractivity contribution in [3.63, 3.8) is 0 Å². The number of carbonyl (C=O) groups is 1. The average molecular weight is 375 g/mol. The van der Waals surface area contributed by atoms with Gasteiger partial charge in [-0.25, -0.2) is 0 Å². The van der Waals surface area contributed by atoms with Crippen LogP contribution < -0.4 is 10.6 Å². The van der Waals surface area contributed by atoms with Crippen molar-refractivity contribution >= 4 is 41.7 Å². The smallest absolute Gasteiger partial charge is 0.222 e. The van der Waals surface area contributed by atoms with Crippen LogP contribution >= 0.6 is 35.8 Å². The fraction of sp³-hybridized carbons (Fsp3) is 0.588. The zero-order chi connectivity index (χ0) is 15.5. The highest BCUT2D eigenvalue weighted by Crippen LogP contribution is 2.47. The van der Waals surface area contributed by atoms with Crippen LogP contribution in [0.2, 0.25) is 5.02 Å². The molecule has 3 rings (SSSR count). The van der Waals surface area contributed by atoms with E-state index >= 15 is 0 Å². The number of hydrogen-bond donors (Lipinski definition) is 2. The predicted molar refractivity (Wildman–Crippen MR) is 101 cm³/mol. The zero-order valence-corrected chi connectivity index (χ0v) is 15.6. The molecule has 1 heterocycles. The maximum atomic E-state index is 12.4. The fourth-order valence-electron chi connectivity index (χ4n) is 3.13. The van der Waals surface area contributed by atoms with E-state index in [0.29, 0.717) is 24.3 Å². The molecule has 23 heavy (non-hydrogen) atoms. The summed E-state index contributed by atoms with van der Waals surface area (Å²) in [7, 11) is 0. The third kappa shape index (κ3) is 5.28. The Balaban J connectivity index is 0.00000192. The number of benzene rings is 1. The van der Waals surface area contributed by atoms with Gasteiger partial charge < -0.3 is 10.6 Å². The summed E-state index contributed by atoms with van der Waals surface area (Å²) in [5.74, 6) is 3.56. The van der Waals surface area contributed by atoms with Gasteiger partial charge >= 0.3 is 0 Å². The van der Waals surface area contributed by atoms with E-state index in [4.69, 9.17) is 11.6 Å². The molecule has 1 amide bonds. The topological polar surface area (TPSA) is 41.1 Å². The van der Waals surface area contributed by atoms with Crippen LogP contribution in [0.5, 0.6) is 0 Å². The molecule has 1 saturated carbocycles. The van der Waals surface area contributed by atoms with Crippen molar-refractivity contribution in [2.45, 2.75) is 31.8 Å². The van der Waals surface area contributed by atoms with E-state index in [0.717, 1.165) is 28.6 Å². The number of hydrogen-bond acceptors (Lipinski definition) is 3. The summed E-state index contributed by atoms with van der Waals surface area (Å²) in [5, 5.41) is 7.42. The van der Waals surface area contributed by atoms with Crippen molar-refractivity contribution in [1.82, 2.24) is 10.6 Å². The Morgan fingerprint density at radius 3 is 2.70 bits per heavy atom. The van der Waals surface area contributed by atoms with E-state index in [1.165, 1.54) is 6.42 Å². The van der Waals surface area contributed by atoms with Crippen LogP contribution in [0.25, 0.3) is 0 Å². The van der Waals surface area contributed by atoms with Crippen LogP contribution in [0.15, 0.2) is 24.3 Å². The summed E-state index contributed by atoms with van der Waals surface area (Å²) in [6.07, 6.45) is 1.75. The lowest BCUT2D eigenvalue weighted by molar-refractivity contribution is -0.122. The van der Waals surface area contributed by atoms with Gasteiger partial charge in [-0.2, -0.15) is 11.8 Å². The second-order valence-corrected chi connectivity index (χ2v) is 7.99. The highest BCUT2D eigenvalue weighted by Gasteiger charge is 2.41. The molecule has 0 spiro atoms. The molecule has 2 aliphatic rings. The zero-order valence-electron chi connectivity index (χ0n) is 13.3. The number of carbonyl (C=O) groups excluding carboxylic acids is 1. The van der Waals surface area contributed by atoms with Crippen LogP contribution in [-0.2, 0) is 4.79 Å². The van der Waals surface area contributed by atoms with Crippen molar-refractivity contribution in [3.8, 4) is 0 Å². The molecule has 1 aromatic carbocycles. The van der Waals surface area contributed by atoms with E-state index in [-0.39, 0.29) is 24.4 Å².